The first-order chi connectivity index (χ1) is 15.8. The Hall–Kier alpha value is -2.82. The molecule has 32 heavy (non-hydrogen) atoms. The fourth-order valence-electron chi connectivity index (χ4n) is 4.51. The zero-order valence-electron chi connectivity index (χ0n) is 18.6. The second-order valence-corrected chi connectivity index (χ2v) is 12.1. The number of benzene rings is 2. The number of fused-ring (bicyclic) bond motifs is 3. The van der Waals surface area contributed by atoms with Crippen molar-refractivity contribution in [2.75, 3.05) is 0 Å². The molecule has 0 aliphatic rings. The van der Waals surface area contributed by atoms with Gasteiger partial charge in [0.2, 0.25) is 0 Å². The van der Waals surface area contributed by atoms with Gasteiger partial charge in [-0.2, -0.15) is 0 Å². The molecule has 0 unspecified atom stereocenters. The molecule has 4 heteroatoms. The monoisotopic (exact) mass is 451 g/mol. The van der Waals surface area contributed by atoms with E-state index in [0.29, 0.717) is 0 Å². The number of nitrogens with zero attached hydrogens (tertiary/aromatic N) is 2. The highest BCUT2D eigenvalue weighted by atomic mass is 32.1. The second kappa shape index (κ2) is 9.35. The van der Waals surface area contributed by atoms with Crippen molar-refractivity contribution in [2.45, 2.75) is 38.8 Å². The van der Waals surface area contributed by atoms with E-state index in [1.807, 2.05) is 29.7 Å². The lowest BCUT2D eigenvalue weighted by atomic mass is 10.0. The maximum absolute atomic E-state index is 5.24. The Morgan fingerprint density at radius 2 is 1.53 bits per heavy atom. The number of rotatable bonds is 7. The van der Waals surface area contributed by atoms with Crippen molar-refractivity contribution in [1.82, 2.24) is 9.97 Å². The molecule has 0 atom stereocenters. The molecule has 0 spiro atoms. The molecule has 0 fully saturated rings. The molecule has 3 aromatic heterocycles. The van der Waals surface area contributed by atoms with Crippen molar-refractivity contribution in [1.29, 1.82) is 0 Å². The van der Waals surface area contributed by atoms with Crippen LogP contribution in [0.2, 0.25) is 12.1 Å². The van der Waals surface area contributed by atoms with E-state index in [4.69, 9.17) is 4.98 Å². The van der Waals surface area contributed by atoms with Crippen LogP contribution in [0.1, 0.15) is 26.7 Å². The van der Waals surface area contributed by atoms with Gasteiger partial charge in [-0.05, 0) is 36.4 Å². The standard InChI is InChI=1S/C28H27N2SSi/c1-3-17-32(18-4-2)26-13-8-12-24-27(26)28-25(31-24)15-14-23(30-28)21-10-7-9-20(19-21)22-11-5-6-16-29-22/h5-16,19H,3-4,17-18H2,1-2H3. The first-order valence-corrected chi connectivity index (χ1v) is 14.2. The van der Waals surface area contributed by atoms with Crippen LogP contribution in [0.3, 0.4) is 0 Å². The molecule has 1 radical (unpaired) electrons. The summed E-state index contributed by atoms with van der Waals surface area (Å²) in [6.07, 6.45) is 4.36. The molecule has 3 heterocycles. The van der Waals surface area contributed by atoms with Gasteiger partial charge in [-0.1, -0.05) is 80.4 Å². The summed E-state index contributed by atoms with van der Waals surface area (Å²) in [5.41, 5.74) is 5.46. The third-order valence-corrected chi connectivity index (χ3v) is 10.4. The minimum Gasteiger partial charge on any atom is -0.256 e. The summed E-state index contributed by atoms with van der Waals surface area (Å²) in [6, 6.07) is 28.6. The van der Waals surface area contributed by atoms with E-state index in [1.54, 1.807) is 5.19 Å². The quantitative estimate of drug-likeness (QED) is 0.237. The number of aromatic nitrogens is 2. The largest absolute Gasteiger partial charge is 0.256 e. The van der Waals surface area contributed by atoms with Crippen molar-refractivity contribution >= 4 is 45.6 Å². The van der Waals surface area contributed by atoms with E-state index in [9.17, 15) is 0 Å². The molecule has 0 saturated carbocycles. The maximum atomic E-state index is 5.24. The molecule has 0 amide bonds. The highest BCUT2D eigenvalue weighted by molar-refractivity contribution is 7.26. The van der Waals surface area contributed by atoms with Gasteiger partial charge in [0.1, 0.15) is 0 Å². The average molecular weight is 452 g/mol. The highest BCUT2D eigenvalue weighted by Crippen LogP contribution is 2.34. The van der Waals surface area contributed by atoms with Crippen molar-refractivity contribution < 1.29 is 0 Å². The summed E-state index contributed by atoms with van der Waals surface area (Å²) in [6.45, 7) is 4.63. The van der Waals surface area contributed by atoms with E-state index in [0.717, 1.165) is 22.5 Å². The molecular weight excluding hydrogens is 424 g/mol. The Morgan fingerprint density at radius 1 is 0.750 bits per heavy atom. The number of thiophene rings is 1. The summed E-state index contributed by atoms with van der Waals surface area (Å²) in [4.78, 5) is 9.75. The summed E-state index contributed by atoms with van der Waals surface area (Å²) < 4.78 is 2.66. The van der Waals surface area contributed by atoms with Gasteiger partial charge in [0.05, 0.1) is 30.4 Å². The predicted molar refractivity (Wildman–Crippen MR) is 141 cm³/mol. The summed E-state index contributed by atoms with van der Waals surface area (Å²) >= 11 is 1.88. The maximum Gasteiger partial charge on any atom is 0.0894 e. The number of hydrogen-bond donors (Lipinski definition) is 0. The molecule has 2 aromatic carbocycles. The van der Waals surface area contributed by atoms with Crippen molar-refractivity contribution in [3.63, 3.8) is 0 Å². The number of pyridine rings is 2. The lowest BCUT2D eigenvalue weighted by molar-refractivity contribution is 1.01. The Morgan fingerprint density at radius 3 is 2.28 bits per heavy atom. The molecule has 0 aliphatic heterocycles. The van der Waals surface area contributed by atoms with Crippen LogP contribution in [0.25, 0.3) is 42.8 Å². The van der Waals surface area contributed by atoms with Crippen LogP contribution in [-0.4, -0.2) is 18.8 Å². The third kappa shape index (κ3) is 4.01. The fraction of sp³-hybridized carbons (Fsp3) is 0.214. The van der Waals surface area contributed by atoms with Crippen LogP contribution in [-0.2, 0) is 0 Å². The Kier molecular flexibility index (Phi) is 6.15. The summed E-state index contributed by atoms with van der Waals surface area (Å²) in [7, 11) is -0.570. The lowest BCUT2D eigenvalue weighted by Gasteiger charge is -2.15. The van der Waals surface area contributed by atoms with Crippen molar-refractivity contribution in [2.24, 2.45) is 0 Å². The van der Waals surface area contributed by atoms with E-state index >= 15 is 0 Å². The average Bonchev–Trinajstić information content (AvgIpc) is 3.23. The molecule has 5 aromatic rings. The van der Waals surface area contributed by atoms with Gasteiger partial charge in [-0.3, -0.25) is 4.98 Å². The van der Waals surface area contributed by atoms with Gasteiger partial charge in [0.15, 0.2) is 0 Å². The molecule has 0 aliphatic carbocycles. The van der Waals surface area contributed by atoms with Crippen LogP contribution in [0, 0.1) is 0 Å². The van der Waals surface area contributed by atoms with Gasteiger partial charge in [0.25, 0.3) is 0 Å². The van der Waals surface area contributed by atoms with E-state index in [1.165, 1.54) is 45.2 Å². The topological polar surface area (TPSA) is 25.8 Å². The number of hydrogen-bond acceptors (Lipinski definition) is 3. The minimum absolute atomic E-state index is 0.570. The SMILES string of the molecule is CCC[Si](CCC)c1cccc2sc3ccc(-c4cccc(-c5ccccn5)c4)nc3c12. The zero-order chi connectivity index (χ0) is 21.9. The Labute approximate surface area is 195 Å². The first-order valence-electron chi connectivity index (χ1n) is 11.5. The third-order valence-electron chi connectivity index (χ3n) is 5.94. The Balaban J connectivity index is 1.65. The molecule has 159 valence electrons. The van der Waals surface area contributed by atoms with Gasteiger partial charge in [-0.15, -0.1) is 11.3 Å². The normalized spacial score (nSPS) is 11.6. The van der Waals surface area contributed by atoms with Gasteiger partial charge >= 0.3 is 0 Å². The van der Waals surface area contributed by atoms with Crippen LogP contribution in [0.5, 0.6) is 0 Å². The zero-order valence-corrected chi connectivity index (χ0v) is 20.5. The van der Waals surface area contributed by atoms with Crippen LogP contribution in [0.15, 0.2) is 79.0 Å². The molecule has 0 N–H and O–H groups in total. The first kappa shape index (κ1) is 21.0. The molecule has 2 nitrogen and oxygen atoms in total. The van der Waals surface area contributed by atoms with Crippen LogP contribution < -0.4 is 5.19 Å². The minimum atomic E-state index is -0.570. The van der Waals surface area contributed by atoms with E-state index < -0.39 is 8.80 Å². The Bertz CT molecular complexity index is 1350. The summed E-state index contributed by atoms with van der Waals surface area (Å²) in [5.74, 6) is 0. The van der Waals surface area contributed by atoms with E-state index in [2.05, 4.69) is 79.5 Å². The van der Waals surface area contributed by atoms with Crippen molar-refractivity contribution in [3.05, 3.63) is 79.0 Å². The smallest absolute Gasteiger partial charge is 0.0894 e. The second-order valence-electron chi connectivity index (χ2n) is 8.22. The van der Waals surface area contributed by atoms with E-state index in [-0.39, 0.29) is 0 Å². The molecule has 5 rings (SSSR count). The fourth-order valence-corrected chi connectivity index (χ4v) is 8.61. The molecule has 0 saturated heterocycles. The summed E-state index contributed by atoms with van der Waals surface area (Å²) in [5, 5.41) is 2.99. The van der Waals surface area contributed by atoms with Crippen LogP contribution >= 0.6 is 11.3 Å². The highest BCUT2D eigenvalue weighted by Gasteiger charge is 2.19. The van der Waals surface area contributed by atoms with Gasteiger partial charge < -0.3 is 0 Å². The van der Waals surface area contributed by atoms with Crippen LogP contribution in [0.4, 0.5) is 0 Å². The molecule has 0 bridgehead atoms. The van der Waals surface area contributed by atoms with Crippen molar-refractivity contribution in [3.8, 4) is 22.5 Å². The lowest BCUT2D eigenvalue weighted by Crippen LogP contribution is -2.29. The van der Waals surface area contributed by atoms with Gasteiger partial charge in [0, 0.05) is 27.4 Å². The predicted octanol–water partition coefficient (Wildman–Crippen LogP) is 7.70. The molecular formula is C28H27N2SSi. The van der Waals surface area contributed by atoms with Gasteiger partial charge in [-0.25, -0.2) is 4.98 Å².